The second-order valence-electron chi connectivity index (χ2n) is 13.0. The number of hydrogen-bond acceptors (Lipinski definition) is 8. The number of ether oxygens (including phenoxy) is 1. The minimum Gasteiger partial charge on any atom is -0.432 e. The number of halogens is 1. The van der Waals surface area contributed by atoms with Crippen molar-refractivity contribution in [3.63, 3.8) is 0 Å². The van der Waals surface area contributed by atoms with Gasteiger partial charge in [-0.05, 0) is 74.8 Å². The molecule has 0 radical (unpaired) electrons. The van der Waals surface area contributed by atoms with Gasteiger partial charge in [0.1, 0.15) is 0 Å². The molecule has 3 aliphatic rings. The van der Waals surface area contributed by atoms with Gasteiger partial charge in [-0.25, -0.2) is 0 Å². The van der Waals surface area contributed by atoms with Crippen LogP contribution >= 0.6 is 11.6 Å². The van der Waals surface area contributed by atoms with Crippen LogP contribution in [0.4, 0.5) is 11.4 Å². The molecule has 2 aromatic carbocycles. The van der Waals surface area contributed by atoms with Crippen molar-refractivity contribution in [2.45, 2.75) is 82.1 Å². The van der Waals surface area contributed by atoms with Crippen molar-refractivity contribution in [1.29, 1.82) is 0 Å². The average molecular weight is 653 g/mol. The van der Waals surface area contributed by atoms with Crippen LogP contribution in [0.1, 0.15) is 43.0 Å². The predicted octanol–water partition coefficient (Wildman–Crippen LogP) is 3.59. The van der Waals surface area contributed by atoms with E-state index in [4.69, 9.17) is 16.3 Å². The summed E-state index contributed by atoms with van der Waals surface area (Å²) in [5.41, 5.74) is 2.24. The highest BCUT2D eigenvalue weighted by molar-refractivity contribution is 6.71. The van der Waals surface area contributed by atoms with Crippen LogP contribution in [0.25, 0.3) is 0 Å². The molecule has 0 unspecified atom stereocenters. The normalized spacial score (nSPS) is 26.2. The molecule has 2 amide bonds. The third-order valence-electron chi connectivity index (χ3n) is 9.48. The van der Waals surface area contributed by atoms with Crippen LogP contribution in [0.2, 0.25) is 23.7 Å². The van der Waals surface area contributed by atoms with Gasteiger partial charge in [0.05, 0.1) is 30.1 Å². The monoisotopic (exact) mass is 652 g/mol. The summed E-state index contributed by atoms with van der Waals surface area (Å²) in [6.45, 7) is 7.46. The van der Waals surface area contributed by atoms with Gasteiger partial charge in [-0.3, -0.25) is 14.3 Å². The molecule has 4 N–H and O–H groups in total. The molecule has 5 atom stereocenters. The second-order valence-corrected chi connectivity index (χ2v) is 17.4. The van der Waals surface area contributed by atoms with Crippen molar-refractivity contribution >= 4 is 43.1 Å². The van der Waals surface area contributed by atoms with Gasteiger partial charge in [-0.15, -0.1) is 5.10 Å². The van der Waals surface area contributed by atoms with Crippen LogP contribution in [0.5, 0.6) is 0 Å². The maximum absolute atomic E-state index is 14.6. The molecule has 11 nitrogen and oxygen atoms in total. The largest absolute Gasteiger partial charge is 0.432 e. The Morgan fingerprint density at radius 3 is 2.71 bits per heavy atom. The zero-order valence-corrected chi connectivity index (χ0v) is 27.6. The highest BCUT2D eigenvalue weighted by atomic mass is 35.5. The number of carbonyl (C=O) groups is 2. The number of nitrogens with zero attached hydrogens (tertiary/aromatic N) is 4. The standard InChI is InChI=1S/C32H41ClN6O5Si/c1-20-29(45(2,3)43)28(12-15-38-19-24(13-16-40)36-37-38)44-32(20)25-17-22(33)8-11-27(25)39(31(32)42)18-21-6-9-23(10-7-21)35-30(41)26-5-4-14-34-26/h6-11,17,19-20,26,28-29,34,40,43H,4-5,12-16,18H2,1-3H3,(H,35,41)/t20-,26+,28+,29-,32+/m0/s1. The van der Waals surface area contributed by atoms with Crippen molar-refractivity contribution < 1.29 is 24.2 Å². The molecule has 45 heavy (non-hydrogen) atoms. The first-order valence-electron chi connectivity index (χ1n) is 15.7. The van der Waals surface area contributed by atoms with Gasteiger partial charge in [0.2, 0.25) is 5.91 Å². The Hall–Kier alpha value is -3.13. The highest BCUT2D eigenvalue weighted by Crippen LogP contribution is 2.60. The number of aliphatic hydroxyl groups is 1. The summed E-state index contributed by atoms with van der Waals surface area (Å²) in [7, 11) is -2.83. The Kier molecular flexibility index (Phi) is 8.90. The van der Waals surface area contributed by atoms with E-state index in [1.807, 2.05) is 56.4 Å². The molecule has 2 fully saturated rings. The lowest BCUT2D eigenvalue weighted by Crippen LogP contribution is -2.46. The highest BCUT2D eigenvalue weighted by Gasteiger charge is 2.66. The molecule has 0 aliphatic carbocycles. The number of carbonyl (C=O) groups excluding carboxylic acids is 2. The summed E-state index contributed by atoms with van der Waals surface area (Å²) in [4.78, 5) is 40.5. The number of fused-ring (bicyclic) bond motifs is 2. The number of amides is 2. The van der Waals surface area contributed by atoms with Gasteiger partial charge in [0.25, 0.3) is 5.91 Å². The van der Waals surface area contributed by atoms with Gasteiger partial charge in [-0.1, -0.05) is 35.9 Å². The predicted molar refractivity (Wildman–Crippen MR) is 173 cm³/mol. The maximum atomic E-state index is 14.6. The summed E-state index contributed by atoms with van der Waals surface area (Å²) in [5, 5.41) is 24.2. The first kappa shape index (κ1) is 31.8. The zero-order chi connectivity index (χ0) is 31.9. The van der Waals surface area contributed by atoms with E-state index in [9.17, 15) is 19.5 Å². The van der Waals surface area contributed by atoms with Gasteiger partial charge in [0, 0.05) is 53.5 Å². The van der Waals surface area contributed by atoms with E-state index in [-0.39, 0.29) is 35.9 Å². The molecule has 240 valence electrons. The number of aliphatic hydroxyl groups excluding tert-OH is 1. The molecular weight excluding hydrogens is 612 g/mol. The number of benzene rings is 2. The Morgan fingerprint density at radius 2 is 2.02 bits per heavy atom. The minimum absolute atomic E-state index is 0.00371. The fourth-order valence-corrected chi connectivity index (χ4v) is 10.2. The average Bonchev–Trinajstić information content (AvgIpc) is 3.78. The Bertz CT molecular complexity index is 1560. The fourth-order valence-electron chi connectivity index (χ4n) is 7.43. The van der Waals surface area contributed by atoms with Crippen LogP contribution in [-0.2, 0) is 39.4 Å². The lowest BCUT2D eigenvalue weighted by atomic mass is 9.82. The molecule has 0 bridgehead atoms. The van der Waals surface area contributed by atoms with Crippen molar-refractivity contribution in [2.75, 3.05) is 23.4 Å². The number of anilines is 2. The van der Waals surface area contributed by atoms with E-state index in [1.165, 1.54) is 0 Å². The maximum Gasteiger partial charge on any atom is 0.264 e. The zero-order valence-electron chi connectivity index (χ0n) is 25.9. The molecule has 3 aliphatic heterocycles. The topological polar surface area (TPSA) is 142 Å². The van der Waals surface area contributed by atoms with Crippen molar-refractivity contribution in [1.82, 2.24) is 20.3 Å². The molecule has 3 aromatic rings. The number of aryl methyl sites for hydroxylation is 1. The van der Waals surface area contributed by atoms with Gasteiger partial charge in [-0.2, -0.15) is 0 Å². The number of hydrogen-bond donors (Lipinski definition) is 4. The number of aromatic nitrogens is 3. The molecular formula is C32H41ClN6O5Si. The molecule has 1 aromatic heterocycles. The number of rotatable bonds is 10. The van der Waals surface area contributed by atoms with Crippen LogP contribution in [-0.4, -0.2) is 70.3 Å². The van der Waals surface area contributed by atoms with Crippen LogP contribution < -0.4 is 15.5 Å². The minimum atomic E-state index is -2.83. The number of nitrogens with one attached hydrogen (secondary N) is 2. The smallest absolute Gasteiger partial charge is 0.264 e. The van der Waals surface area contributed by atoms with Gasteiger partial charge in [0.15, 0.2) is 13.9 Å². The van der Waals surface area contributed by atoms with E-state index in [1.54, 1.807) is 21.8 Å². The van der Waals surface area contributed by atoms with Crippen LogP contribution in [0, 0.1) is 5.92 Å². The molecule has 6 rings (SSSR count). The van der Waals surface area contributed by atoms with E-state index in [0.29, 0.717) is 42.3 Å². The van der Waals surface area contributed by atoms with Gasteiger partial charge >= 0.3 is 0 Å². The Balaban J connectivity index is 1.26. The quantitative estimate of drug-likeness (QED) is 0.244. The molecule has 2 saturated heterocycles. The van der Waals surface area contributed by atoms with Gasteiger partial charge < -0.3 is 30.2 Å². The Morgan fingerprint density at radius 1 is 1.24 bits per heavy atom. The molecule has 0 saturated carbocycles. The molecule has 13 heteroatoms. The van der Waals surface area contributed by atoms with Crippen LogP contribution in [0.3, 0.4) is 0 Å². The van der Waals surface area contributed by atoms with Crippen molar-refractivity contribution in [3.05, 3.63) is 70.5 Å². The van der Waals surface area contributed by atoms with Crippen molar-refractivity contribution in [2.24, 2.45) is 5.92 Å². The van der Waals surface area contributed by atoms with E-state index in [0.717, 1.165) is 36.2 Å². The van der Waals surface area contributed by atoms with E-state index < -0.39 is 20.0 Å². The first-order chi connectivity index (χ1) is 21.5. The SMILES string of the molecule is C[C@H]1[C@H]([Si](C)(C)O)[C@@H](CCn2cc(CCO)nn2)O[C@]12C(=O)N(Cc1ccc(NC(=O)[C@H]3CCCN3)cc1)c1ccc(Cl)cc12. The van der Waals surface area contributed by atoms with E-state index in [2.05, 4.69) is 20.9 Å². The summed E-state index contributed by atoms with van der Waals surface area (Å²) in [6, 6.07) is 12.9. The molecule has 1 spiro atoms. The summed E-state index contributed by atoms with van der Waals surface area (Å²) < 4.78 is 8.60. The first-order valence-corrected chi connectivity index (χ1v) is 19.1. The summed E-state index contributed by atoms with van der Waals surface area (Å²) >= 11 is 6.52. The summed E-state index contributed by atoms with van der Waals surface area (Å²) in [6.07, 6.45) is 4.19. The van der Waals surface area contributed by atoms with Crippen molar-refractivity contribution in [3.8, 4) is 0 Å². The fraction of sp³-hybridized carbons (Fsp3) is 0.500. The third-order valence-corrected chi connectivity index (χ3v) is 12.2. The second kappa shape index (κ2) is 12.6. The third kappa shape index (κ3) is 6.07. The Labute approximate surface area is 269 Å². The molecule has 4 heterocycles. The van der Waals surface area contributed by atoms with Crippen LogP contribution in [0.15, 0.2) is 48.7 Å². The summed E-state index contributed by atoms with van der Waals surface area (Å²) in [5.74, 6) is -0.524. The lowest BCUT2D eigenvalue weighted by Gasteiger charge is -2.32. The van der Waals surface area contributed by atoms with E-state index >= 15 is 0 Å². The lowest BCUT2D eigenvalue weighted by molar-refractivity contribution is -0.146.